The number of rotatable bonds is 6. The molecule has 1 unspecified atom stereocenters. The third kappa shape index (κ3) is 3.96. The van der Waals surface area contributed by atoms with Gasteiger partial charge in [-0.05, 0) is 68.4 Å². The Hall–Kier alpha value is -2.63. The summed E-state index contributed by atoms with van der Waals surface area (Å²) in [6.07, 6.45) is 2.69. The molecule has 0 spiro atoms. The van der Waals surface area contributed by atoms with Gasteiger partial charge in [0.1, 0.15) is 0 Å². The lowest BCUT2D eigenvalue weighted by Gasteiger charge is -2.22. The zero-order valence-electron chi connectivity index (χ0n) is 17.2. The van der Waals surface area contributed by atoms with Crippen LogP contribution in [-0.2, 0) is 11.2 Å². The van der Waals surface area contributed by atoms with Gasteiger partial charge in [0, 0.05) is 30.8 Å². The molecule has 28 heavy (non-hydrogen) atoms. The Labute approximate surface area is 166 Å². The molecule has 0 saturated carbocycles. The van der Waals surface area contributed by atoms with E-state index in [0.717, 1.165) is 48.6 Å². The Morgan fingerprint density at radius 1 is 1.21 bits per heavy atom. The van der Waals surface area contributed by atoms with E-state index in [4.69, 9.17) is 5.11 Å². The number of carboxylic acid groups (broad SMARTS) is 1. The average Bonchev–Trinajstić information content (AvgIpc) is 3.20. The number of aromatic nitrogens is 2. The topological polar surface area (TPSA) is 75.4 Å². The maximum Gasteiger partial charge on any atom is 0.303 e. The Morgan fingerprint density at radius 3 is 2.46 bits per heavy atom. The van der Waals surface area contributed by atoms with Gasteiger partial charge in [0.2, 0.25) is 0 Å². The van der Waals surface area contributed by atoms with Gasteiger partial charge in [-0.15, -0.1) is 0 Å². The van der Waals surface area contributed by atoms with Crippen LogP contribution in [0.15, 0.2) is 24.3 Å². The molecule has 0 aliphatic carbocycles. The number of carbonyl (C=O) groups excluding carboxylic acids is 1. The van der Waals surface area contributed by atoms with Crippen molar-refractivity contribution >= 4 is 11.9 Å². The summed E-state index contributed by atoms with van der Waals surface area (Å²) in [5.74, 6) is -0.727. The van der Waals surface area contributed by atoms with E-state index >= 15 is 0 Å². The second-order valence-electron chi connectivity index (χ2n) is 8.14. The smallest absolute Gasteiger partial charge is 0.303 e. The number of hydrogen-bond donors (Lipinski definition) is 1. The normalized spacial score (nSPS) is 19.2. The van der Waals surface area contributed by atoms with Gasteiger partial charge < -0.3 is 10.0 Å². The van der Waals surface area contributed by atoms with Gasteiger partial charge in [-0.3, -0.25) is 9.59 Å². The standard InChI is InChI=1S/C22H29N3O3/c1-5-22(4)12-13-24(14-22)21(28)17-6-8-18(9-7-17)25-16(3)19(15(2)23-25)10-11-20(26)27/h6-9H,5,10-14H2,1-4H3,(H,26,27). The summed E-state index contributed by atoms with van der Waals surface area (Å²) >= 11 is 0. The van der Waals surface area contributed by atoms with E-state index in [2.05, 4.69) is 18.9 Å². The molecule has 0 bridgehead atoms. The van der Waals surface area contributed by atoms with E-state index in [-0.39, 0.29) is 17.7 Å². The van der Waals surface area contributed by atoms with Gasteiger partial charge in [0.05, 0.1) is 11.4 Å². The summed E-state index contributed by atoms with van der Waals surface area (Å²) in [7, 11) is 0. The predicted molar refractivity (Wildman–Crippen MR) is 108 cm³/mol. The first-order valence-electron chi connectivity index (χ1n) is 9.90. The molecular formula is C22H29N3O3. The van der Waals surface area contributed by atoms with Crippen molar-refractivity contribution in [3.63, 3.8) is 0 Å². The van der Waals surface area contributed by atoms with Crippen molar-refractivity contribution in [2.45, 2.75) is 53.4 Å². The zero-order chi connectivity index (χ0) is 20.5. The highest BCUT2D eigenvalue weighted by Crippen LogP contribution is 2.33. The maximum atomic E-state index is 12.8. The first-order chi connectivity index (χ1) is 13.2. The minimum absolute atomic E-state index is 0.0826. The molecule has 1 aliphatic heterocycles. The van der Waals surface area contributed by atoms with Crippen molar-refractivity contribution in [1.82, 2.24) is 14.7 Å². The predicted octanol–water partition coefficient (Wildman–Crippen LogP) is 3.77. The largest absolute Gasteiger partial charge is 0.481 e. The highest BCUT2D eigenvalue weighted by Gasteiger charge is 2.34. The lowest BCUT2D eigenvalue weighted by atomic mass is 9.87. The Morgan fingerprint density at radius 2 is 1.89 bits per heavy atom. The lowest BCUT2D eigenvalue weighted by molar-refractivity contribution is -0.136. The SMILES string of the molecule is CCC1(C)CCN(C(=O)c2ccc(-n3nc(C)c(CCC(=O)O)c3C)cc2)C1. The Kier molecular flexibility index (Phi) is 5.59. The Bertz CT molecular complexity index is 885. The van der Waals surface area contributed by atoms with Crippen LogP contribution in [0.2, 0.25) is 0 Å². The highest BCUT2D eigenvalue weighted by molar-refractivity contribution is 5.94. The first kappa shape index (κ1) is 20.1. The third-order valence-electron chi connectivity index (χ3n) is 6.09. The summed E-state index contributed by atoms with van der Waals surface area (Å²) in [6, 6.07) is 7.52. The monoisotopic (exact) mass is 383 g/mol. The van der Waals surface area contributed by atoms with Crippen molar-refractivity contribution < 1.29 is 14.7 Å². The third-order valence-corrected chi connectivity index (χ3v) is 6.09. The minimum Gasteiger partial charge on any atom is -0.481 e. The number of nitrogens with zero attached hydrogens (tertiary/aromatic N) is 3. The van der Waals surface area contributed by atoms with Gasteiger partial charge in [-0.1, -0.05) is 13.8 Å². The molecule has 1 aromatic carbocycles. The quantitative estimate of drug-likeness (QED) is 0.824. The second kappa shape index (κ2) is 7.78. The molecule has 1 amide bonds. The summed E-state index contributed by atoms with van der Waals surface area (Å²) < 4.78 is 1.82. The van der Waals surface area contributed by atoms with Crippen LogP contribution < -0.4 is 0 Å². The van der Waals surface area contributed by atoms with Gasteiger partial charge in [-0.2, -0.15) is 5.10 Å². The lowest BCUT2D eigenvalue weighted by Crippen LogP contribution is -2.30. The van der Waals surface area contributed by atoms with Gasteiger partial charge >= 0.3 is 5.97 Å². The molecule has 1 saturated heterocycles. The van der Waals surface area contributed by atoms with Crippen molar-refractivity contribution in [3.05, 3.63) is 46.8 Å². The number of aliphatic carboxylic acids is 1. The minimum atomic E-state index is -0.810. The number of carbonyl (C=O) groups is 2. The van der Waals surface area contributed by atoms with Crippen LogP contribution in [0.1, 0.15) is 60.4 Å². The van der Waals surface area contributed by atoms with Crippen molar-refractivity contribution in [2.75, 3.05) is 13.1 Å². The van der Waals surface area contributed by atoms with E-state index in [1.165, 1.54) is 0 Å². The van der Waals surface area contributed by atoms with Crippen LogP contribution >= 0.6 is 0 Å². The molecule has 6 nitrogen and oxygen atoms in total. The molecule has 1 atom stereocenters. The number of carboxylic acids is 1. The number of aryl methyl sites for hydroxylation is 1. The van der Waals surface area contributed by atoms with Crippen LogP contribution in [0.5, 0.6) is 0 Å². The maximum absolute atomic E-state index is 12.8. The van der Waals surface area contributed by atoms with Crippen molar-refractivity contribution in [2.24, 2.45) is 5.41 Å². The second-order valence-corrected chi connectivity index (χ2v) is 8.14. The zero-order valence-corrected chi connectivity index (χ0v) is 17.2. The summed E-state index contributed by atoms with van der Waals surface area (Å²) in [5, 5.41) is 13.5. The number of likely N-dealkylation sites (tertiary alicyclic amines) is 1. The van der Waals surface area contributed by atoms with Gasteiger partial charge in [-0.25, -0.2) is 4.68 Å². The summed E-state index contributed by atoms with van der Waals surface area (Å²) in [5.41, 5.74) is 4.55. The highest BCUT2D eigenvalue weighted by atomic mass is 16.4. The van der Waals surface area contributed by atoms with E-state index in [1.54, 1.807) is 0 Å². The fraction of sp³-hybridized carbons (Fsp3) is 0.500. The number of amides is 1. The van der Waals surface area contributed by atoms with Crippen molar-refractivity contribution in [1.29, 1.82) is 0 Å². The van der Waals surface area contributed by atoms with Crippen LogP contribution in [0, 0.1) is 19.3 Å². The van der Waals surface area contributed by atoms with E-state index in [1.807, 2.05) is 47.7 Å². The average molecular weight is 383 g/mol. The molecule has 6 heteroatoms. The molecular weight excluding hydrogens is 354 g/mol. The molecule has 150 valence electrons. The van der Waals surface area contributed by atoms with E-state index in [0.29, 0.717) is 12.0 Å². The molecule has 3 rings (SSSR count). The molecule has 1 fully saturated rings. The molecule has 1 N–H and O–H groups in total. The first-order valence-corrected chi connectivity index (χ1v) is 9.90. The van der Waals surface area contributed by atoms with Crippen LogP contribution in [-0.4, -0.2) is 44.8 Å². The van der Waals surface area contributed by atoms with Crippen LogP contribution in [0.25, 0.3) is 5.69 Å². The van der Waals surface area contributed by atoms with Crippen molar-refractivity contribution in [3.8, 4) is 5.69 Å². The number of benzene rings is 1. The molecule has 0 radical (unpaired) electrons. The molecule has 2 heterocycles. The van der Waals surface area contributed by atoms with Crippen LogP contribution in [0.3, 0.4) is 0 Å². The fourth-order valence-corrected chi connectivity index (χ4v) is 3.93. The summed E-state index contributed by atoms with van der Waals surface area (Å²) in [6.45, 7) is 9.91. The number of hydrogen-bond acceptors (Lipinski definition) is 3. The van der Waals surface area contributed by atoms with Gasteiger partial charge in [0.15, 0.2) is 0 Å². The fourth-order valence-electron chi connectivity index (χ4n) is 3.93. The molecule has 1 aliphatic rings. The van der Waals surface area contributed by atoms with Crippen LogP contribution in [0.4, 0.5) is 0 Å². The Balaban J connectivity index is 1.77. The van der Waals surface area contributed by atoms with E-state index in [9.17, 15) is 9.59 Å². The summed E-state index contributed by atoms with van der Waals surface area (Å²) in [4.78, 5) is 25.6. The van der Waals surface area contributed by atoms with Gasteiger partial charge in [0.25, 0.3) is 5.91 Å². The van der Waals surface area contributed by atoms with E-state index < -0.39 is 5.97 Å². The molecule has 1 aromatic heterocycles. The molecule has 2 aromatic rings.